The van der Waals surface area contributed by atoms with E-state index in [1.54, 1.807) is 9.80 Å². The number of amides is 2. The van der Waals surface area contributed by atoms with Gasteiger partial charge in [0.25, 0.3) is 5.91 Å². The molecule has 136 valence electrons. The molecule has 1 aliphatic heterocycles. The lowest BCUT2D eigenvalue weighted by Gasteiger charge is -2.39. The second-order valence-corrected chi connectivity index (χ2v) is 7.03. The van der Waals surface area contributed by atoms with Crippen LogP contribution in [0, 0.1) is 6.92 Å². The molecule has 3 rings (SSSR count). The molecule has 2 amide bonds. The van der Waals surface area contributed by atoms with E-state index in [1.165, 1.54) is 0 Å². The maximum atomic E-state index is 13.1. The van der Waals surface area contributed by atoms with Gasteiger partial charge < -0.3 is 14.7 Å². The van der Waals surface area contributed by atoms with Gasteiger partial charge in [0.05, 0.1) is 5.56 Å². The quantitative estimate of drug-likeness (QED) is 0.854. The summed E-state index contributed by atoms with van der Waals surface area (Å²) in [7, 11) is 3.83. The molecule has 2 aromatic carbocycles. The van der Waals surface area contributed by atoms with E-state index in [-0.39, 0.29) is 24.4 Å². The molecular weight excluding hydrogens is 326 g/mol. The van der Waals surface area contributed by atoms with Gasteiger partial charge in [-0.1, -0.05) is 29.8 Å². The molecule has 26 heavy (non-hydrogen) atoms. The summed E-state index contributed by atoms with van der Waals surface area (Å²) in [5.74, 6) is -0.152. The fourth-order valence-corrected chi connectivity index (χ4v) is 3.30. The van der Waals surface area contributed by atoms with Gasteiger partial charge in [-0.2, -0.15) is 0 Å². The van der Waals surface area contributed by atoms with Gasteiger partial charge in [-0.05, 0) is 38.1 Å². The standard InChI is InChI=1S/C21H25N3O2/c1-15-9-11-17(12-10-15)24-13-16(2)23(14-20(24)25)21(26)18-7-5-6-8-19(18)22(3)4/h5-12,16H,13-14H2,1-4H3. The summed E-state index contributed by atoms with van der Waals surface area (Å²) in [5.41, 5.74) is 3.52. The Balaban J connectivity index is 1.83. The van der Waals surface area contributed by atoms with Crippen molar-refractivity contribution in [3.63, 3.8) is 0 Å². The van der Waals surface area contributed by atoms with Gasteiger partial charge in [0.2, 0.25) is 5.91 Å². The summed E-state index contributed by atoms with van der Waals surface area (Å²) in [5, 5.41) is 0. The molecule has 1 saturated heterocycles. The van der Waals surface area contributed by atoms with Crippen LogP contribution >= 0.6 is 0 Å². The second kappa shape index (κ2) is 7.20. The molecule has 1 atom stereocenters. The van der Waals surface area contributed by atoms with E-state index < -0.39 is 0 Å². The number of carbonyl (C=O) groups is 2. The van der Waals surface area contributed by atoms with Crippen LogP contribution < -0.4 is 9.80 Å². The number of para-hydroxylation sites is 1. The SMILES string of the molecule is Cc1ccc(N2CC(C)N(C(=O)c3ccccc3N(C)C)CC2=O)cc1. The van der Waals surface area contributed by atoms with Crippen molar-refractivity contribution in [2.24, 2.45) is 0 Å². The number of carbonyl (C=O) groups excluding carboxylic acids is 2. The average Bonchev–Trinajstić information content (AvgIpc) is 2.63. The van der Waals surface area contributed by atoms with E-state index in [9.17, 15) is 9.59 Å². The van der Waals surface area contributed by atoms with Crippen molar-refractivity contribution in [2.45, 2.75) is 19.9 Å². The average molecular weight is 351 g/mol. The van der Waals surface area contributed by atoms with Gasteiger partial charge in [0.15, 0.2) is 0 Å². The summed E-state index contributed by atoms with van der Waals surface area (Å²) in [6, 6.07) is 15.4. The first kappa shape index (κ1) is 18.0. The van der Waals surface area contributed by atoms with E-state index >= 15 is 0 Å². The Bertz CT molecular complexity index is 814. The zero-order valence-electron chi connectivity index (χ0n) is 15.8. The summed E-state index contributed by atoms with van der Waals surface area (Å²) < 4.78 is 0. The molecule has 2 aromatic rings. The highest BCUT2D eigenvalue weighted by Crippen LogP contribution is 2.25. The maximum absolute atomic E-state index is 13.1. The molecule has 1 unspecified atom stereocenters. The van der Waals surface area contributed by atoms with Crippen molar-refractivity contribution < 1.29 is 9.59 Å². The van der Waals surface area contributed by atoms with Crippen molar-refractivity contribution in [3.8, 4) is 0 Å². The van der Waals surface area contributed by atoms with Crippen molar-refractivity contribution in [2.75, 3.05) is 37.0 Å². The van der Waals surface area contributed by atoms with Crippen LogP contribution in [0.1, 0.15) is 22.8 Å². The van der Waals surface area contributed by atoms with Gasteiger partial charge >= 0.3 is 0 Å². The fraction of sp³-hybridized carbons (Fsp3) is 0.333. The van der Waals surface area contributed by atoms with Crippen LogP contribution in [0.15, 0.2) is 48.5 Å². The van der Waals surface area contributed by atoms with Gasteiger partial charge in [-0.15, -0.1) is 0 Å². The molecule has 5 nitrogen and oxygen atoms in total. The Morgan fingerprint density at radius 1 is 1.08 bits per heavy atom. The third kappa shape index (κ3) is 3.43. The number of hydrogen-bond donors (Lipinski definition) is 0. The molecule has 1 aliphatic rings. The van der Waals surface area contributed by atoms with Crippen LogP contribution in [0.5, 0.6) is 0 Å². The summed E-state index contributed by atoms with van der Waals surface area (Å²) >= 11 is 0. The molecule has 0 N–H and O–H groups in total. The number of piperazine rings is 1. The highest BCUT2D eigenvalue weighted by Gasteiger charge is 2.34. The number of nitrogens with zero attached hydrogens (tertiary/aromatic N) is 3. The highest BCUT2D eigenvalue weighted by molar-refractivity contribution is 6.04. The first-order chi connectivity index (χ1) is 12.4. The van der Waals surface area contributed by atoms with Gasteiger partial charge in [-0.3, -0.25) is 9.59 Å². The minimum absolute atomic E-state index is 0.0531. The summed E-state index contributed by atoms with van der Waals surface area (Å²) in [6.07, 6.45) is 0. The molecular formula is C21H25N3O2. The van der Waals surface area contributed by atoms with Crippen molar-refractivity contribution >= 4 is 23.2 Å². The van der Waals surface area contributed by atoms with E-state index in [4.69, 9.17) is 0 Å². The van der Waals surface area contributed by atoms with E-state index in [0.29, 0.717) is 12.1 Å². The van der Waals surface area contributed by atoms with Crippen LogP contribution in [0.25, 0.3) is 0 Å². The van der Waals surface area contributed by atoms with Crippen LogP contribution in [-0.4, -0.2) is 49.9 Å². The van der Waals surface area contributed by atoms with Crippen molar-refractivity contribution in [1.82, 2.24) is 4.90 Å². The molecule has 0 aliphatic carbocycles. The van der Waals surface area contributed by atoms with Gasteiger partial charge in [-0.25, -0.2) is 0 Å². The first-order valence-electron chi connectivity index (χ1n) is 8.83. The predicted octanol–water partition coefficient (Wildman–Crippen LogP) is 2.94. The fourth-order valence-electron chi connectivity index (χ4n) is 3.30. The topological polar surface area (TPSA) is 43.9 Å². The number of rotatable bonds is 3. The van der Waals surface area contributed by atoms with Crippen molar-refractivity contribution in [3.05, 3.63) is 59.7 Å². The predicted molar refractivity (Wildman–Crippen MR) is 105 cm³/mol. The molecule has 0 aromatic heterocycles. The number of benzene rings is 2. The smallest absolute Gasteiger partial charge is 0.256 e. The van der Waals surface area contributed by atoms with Crippen LogP contribution in [-0.2, 0) is 4.79 Å². The Labute approximate surface area is 154 Å². The van der Waals surface area contributed by atoms with Crippen LogP contribution in [0.4, 0.5) is 11.4 Å². The molecule has 5 heteroatoms. The minimum atomic E-state index is -0.0984. The lowest BCUT2D eigenvalue weighted by Crippen LogP contribution is -2.57. The zero-order chi connectivity index (χ0) is 18.8. The number of hydrogen-bond acceptors (Lipinski definition) is 3. The van der Waals surface area contributed by atoms with Crippen LogP contribution in [0.3, 0.4) is 0 Å². The Kier molecular flexibility index (Phi) is 4.98. The van der Waals surface area contributed by atoms with Crippen LogP contribution in [0.2, 0.25) is 0 Å². The Morgan fingerprint density at radius 2 is 1.73 bits per heavy atom. The van der Waals surface area contributed by atoms with E-state index in [0.717, 1.165) is 16.9 Å². The normalized spacial score (nSPS) is 17.4. The summed E-state index contributed by atoms with van der Waals surface area (Å²) in [4.78, 5) is 31.2. The largest absolute Gasteiger partial charge is 0.377 e. The third-order valence-electron chi connectivity index (χ3n) is 4.81. The minimum Gasteiger partial charge on any atom is -0.377 e. The lowest BCUT2D eigenvalue weighted by atomic mass is 10.1. The monoisotopic (exact) mass is 351 g/mol. The molecule has 0 saturated carbocycles. The molecule has 0 radical (unpaired) electrons. The second-order valence-electron chi connectivity index (χ2n) is 7.03. The Morgan fingerprint density at radius 3 is 2.38 bits per heavy atom. The van der Waals surface area contributed by atoms with E-state index in [2.05, 4.69) is 0 Å². The van der Waals surface area contributed by atoms with Crippen molar-refractivity contribution in [1.29, 1.82) is 0 Å². The summed E-state index contributed by atoms with van der Waals surface area (Å²) in [6.45, 7) is 4.60. The molecule has 0 bridgehead atoms. The molecule has 0 spiro atoms. The Hall–Kier alpha value is -2.82. The number of anilines is 2. The third-order valence-corrected chi connectivity index (χ3v) is 4.81. The number of aryl methyl sites for hydroxylation is 1. The molecule has 1 fully saturated rings. The lowest BCUT2D eigenvalue weighted by molar-refractivity contribution is -0.121. The van der Waals surface area contributed by atoms with E-state index in [1.807, 2.05) is 81.4 Å². The highest BCUT2D eigenvalue weighted by atomic mass is 16.2. The van der Waals surface area contributed by atoms with Gasteiger partial charge in [0, 0.05) is 38.1 Å². The van der Waals surface area contributed by atoms with Gasteiger partial charge in [0.1, 0.15) is 6.54 Å². The molecule has 1 heterocycles. The first-order valence-corrected chi connectivity index (χ1v) is 8.83. The zero-order valence-corrected chi connectivity index (χ0v) is 15.8. The maximum Gasteiger partial charge on any atom is 0.256 e.